The van der Waals surface area contributed by atoms with Crippen LogP contribution in [0.5, 0.6) is 0 Å². The van der Waals surface area contributed by atoms with Crippen LogP contribution in [0.4, 0.5) is 10.5 Å². The van der Waals surface area contributed by atoms with E-state index in [4.69, 9.17) is 9.47 Å². The fraction of sp³-hybridized carbons (Fsp3) is 0.579. The molecule has 0 aromatic heterocycles. The highest BCUT2D eigenvalue weighted by Gasteiger charge is 2.30. The van der Waals surface area contributed by atoms with Crippen LogP contribution in [0.3, 0.4) is 0 Å². The van der Waals surface area contributed by atoms with E-state index < -0.39 is 29.3 Å². The van der Waals surface area contributed by atoms with Crippen molar-refractivity contribution in [3.8, 4) is 0 Å². The summed E-state index contributed by atoms with van der Waals surface area (Å²) in [7, 11) is 0. The van der Waals surface area contributed by atoms with Crippen LogP contribution >= 0.6 is 0 Å². The van der Waals surface area contributed by atoms with Gasteiger partial charge in [0.25, 0.3) is 5.69 Å². The molecule has 29 heavy (non-hydrogen) atoms. The summed E-state index contributed by atoms with van der Waals surface area (Å²) < 4.78 is 11.0. The first kappa shape index (κ1) is 24.3. The van der Waals surface area contributed by atoms with Crippen LogP contribution in [-0.2, 0) is 20.7 Å². The van der Waals surface area contributed by atoms with E-state index in [9.17, 15) is 24.8 Å². The molecule has 2 N–H and O–H groups in total. The Bertz CT molecular complexity index is 673. The molecule has 10 nitrogen and oxygen atoms in total. The quantitative estimate of drug-likeness (QED) is 0.307. The molecule has 1 atom stereocenters. The third-order valence-electron chi connectivity index (χ3n) is 4.14. The lowest BCUT2D eigenvalue weighted by Gasteiger charge is -2.33. The highest BCUT2D eigenvalue weighted by Crippen LogP contribution is 2.15. The monoisotopic (exact) mass is 411 g/mol. The summed E-state index contributed by atoms with van der Waals surface area (Å²) in [5, 5.41) is 22.2. The molecular weight excluding hydrogens is 382 g/mol. The van der Waals surface area contributed by atoms with Gasteiger partial charge in [0.05, 0.1) is 11.5 Å². The fourth-order valence-corrected chi connectivity index (χ4v) is 2.78. The predicted octanol–water partition coefficient (Wildman–Crippen LogP) is 2.41. The van der Waals surface area contributed by atoms with Gasteiger partial charge in [0, 0.05) is 37.8 Å². The van der Waals surface area contributed by atoms with E-state index in [0.29, 0.717) is 18.8 Å². The standard InChI is InChI=1S/C19H29N3O7/c1-5-28-17(29-6-2)12-21(13(3)4)18(23)16(20-19(24)25)11-14-7-9-15(10-8-14)22(26)27/h7-10,13,16-17,20H,5-6,11-12H2,1-4H3,(H,24,25). The van der Waals surface area contributed by atoms with Crippen molar-refractivity contribution in [2.24, 2.45) is 0 Å². The number of hydrogen-bond acceptors (Lipinski definition) is 6. The fourth-order valence-electron chi connectivity index (χ4n) is 2.78. The normalized spacial score (nSPS) is 12.1. The summed E-state index contributed by atoms with van der Waals surface area (Å²) >= 11 is 0. The van der Waals surface area contributed by atoms with Crippen LogP contribution in [0.25, 0.3) is 0 Å². The van der Waals surface area contributed by atoms with Crippen molar-refractivity contribution in [3.05, 3.63) is 39.9 Å². The molecule has 10 heteroatoms. The molecule has 0 heterocycles. The zero-order valence-electron chi connectivity index (χ0n) is 17.2. The molecule has 0 aliphatic rings. The van der Waals surface area contributed by atoms with Crippen LogP contribution in [0.1, 0.15) is 33.3 Å². The molecule has 0 fully saturated rings. The molecule has 0 radical (unpaired) electrons. The predicted molar refractivity (Wildman–Crippen MR) is 106 cm³/mol. The van der Waals surface area contributed by atoms with Crippen LogP contribution in [0.2, 0.25) is 0 Å². The van der Waals surface area contributed by atoms with Crippen molar-refractivity contribution in [1.29, 1.82) is 0 Å². The number of benzene rings is 1. The van der Waals surface area contributed by atoms with Gasteiger partial charge in [0.2, 0.25) is 5.91 Å². The summed E-state index contributed by atoms with van der Waals surface area (Å²) in [6.45, 7) is 8.23. The van der Waals surface area contributed by atoms with Gasteiger partial charge >= 0.3 is 6.09 Å². The van der Waals surface area contributed by atoms with E-state index in [2.05, 4.69) is 5.32 Å². The van der Waals surface area contributed by atoms with Crippen LogP contribution in [0.15, 0.2) is 24.3 Å². The molecule has 1 aromatic carbocycles. The lowest BCUT2D eigenvalue weighted by molar-refractivity contribution is -0.384. The Morgan fingerprint density at radius 2 is 1.72 bits per heavy atom. The Balaban J connectivity index is 3.03. The van der Waals surface area contributed by atoms with Crippen molar-refractivity contribution in [3.63, 3.8) is 0 Å². The van der Waals surface area contributed by atoms with Crippen molar-refractivity contribution in [2.45, 2.75) is 52.5 Å². The van der Waals surface area contributed by atoms with Gasteiger partial charge in [-0.3, -0.25) is 14.9 Å². The van der Waals surface area contributed by atoms with Crippen molar-refractivity contribution in [2.75, 3.05) is 19.8 Å². The highest BCUT2D eigenvalue weighted by atomic mass is 16.7. The molecule has 162 valence electrons. The van der Waals surface area contributed by atoms with Gasteiger partial charge in [0.15, 0.2) is 6.29 Å². The number of nitro benzene ring substituents is 1. The van der Waals surface area contributed by atoms with Gasteiger partial charge in [-0.05, 0) is 33.3 Å². The Morgan fingerprint density at radius 3 is 2.14 bits per heavy atom. The van der Waals surface area contributed by atoms with Gasteiger partial charge in [-0.1, -0.05) is 12.1 Å². The number of carboxylic acid groups (broad SMARTS) is 1. The number of hydrogen-bond donors (Lipinski definition) is 2. The summed E-state index contributed by atoms with van der Waals surface area (Å²) in [5.74, 6) is -0.426. The lowest BCUT2D eigenvalue weighted by atomic mass is 10.0. The van der Waals surface area contributed by atoms with Crippen molar-refractivity contribution in [1.82, 2.24) is 10.2 Å². The zero-order valence-corrected chi connectivity index (χ0v) is 17.2. The number of nitrogens with one attached hydrogen (secondary N) is 1. The summed E-state index contributed by atoms with van der Waals surface area (Å²) in [4.78, 5) is 36.1. The number of amides is 2. The van der Waals surface area contributed by atoms with Crippen molar-refractivity contribution >= 4 is 17.7 Å². The number of ether oxygens (including phenoxy) is 2. The number of carbonyl (C=O) groups is 2. The molecule has 0 bridgehead atoms. The Morgan fingerprint density at radius 1 is 1.17 bits per heavy atom. The number of nitro groups is 1. The first-order chi connectivity index (χ1) is 13.7. The maximum absolute atomic E-state index is 13.1. The summed E-state index contributed by atoms with van der Waals surface area (Å²) in [6, 6.07) is 4.37. The minimum atomic E-state index is -1.33. The Kier molecular flexibility index (Phi) is 10.0. The molecule has 0 aliphatic carbocycles. The van der Waals surface area contributed by atoms with Gasteiger partial charge in [-0.2, -0.15) is 0 Å². The number of carbonyl (C=O) groups excluding carboxylic acids is 1. The topological polar surface area (TPSA) is 131 Å². The maximum atomic E-state index is 13.1. The molecule has 0 saturated heterocycles. The summed E-state index contributed by atoms with van der Waals surface area (Å²) in [6.07, 6.45) is -1.90. The summed E-state index contributed by atoms with van der Waals surface area (Å²) in [5.41, 5.74) is 0.514. The van der Waals surface area contributed by atoms with E-state index in [-0.39, 0.29) is 24.7 Å². The van der Waals surface area contributed by atoms with Crippen LogP contribution in [-0.4, -0.2) is 65.1 Å². The van der Waals surface area contributed by atoms with Crippen LogP contribution in [0, 0.1) is 10.1 Å². The minimum Gasteiger partial charge on any atom is -0.465 e. The lowest BCUT2D eigenvalue weighted by Crippen LogP contribution is -2.53. The highest BCUT2D eigenvalue weighted by molar-refractivity contribution is 5.86. The van der Waals surface area contributed by atoms with Gasteiger partial charge < -0.3 is 24.8 Å². The van der Waals surface area contributed by atoms with E-state index in [1.807, 2.05) is 27.7 Å². The van der Waals surface area contributed by atoms with Gasteiger partial charge in [-0.25, -0.2) is 4.79 Å². The van der Waals surface area contributed by atoms with Gasteiger partial charge in [-0.15, -0.1) is 0 Å². The number of rotatable bonds is 12. The Labute approximate surface area is 169 Å². The number of nitrogens with zero attached hydrogens (tertiary/aromatic N) is 2. The number of non-ortho nitro benzene ring substituents is 1. The van der Waals surface area contributed by atoms with E-state index >= 15 is 0 Å². The van der Waals surface area contributed by atoms with Gasteiger partial charge in [0.1, 0.15) is 6.04 Å². The molecule has 0 saturated carbocycles. The smallest absolute Gasteiger partial charge is 0.405 e. The second kappa shape index (κ2) is 12.0. The maximum Gasteiger partial charge on any atom is 0.405 e. The van der Waals surface area contributed by atoms with E-state index in [0.717, 1.165) is 0 Å². The second-order valence-electron chi connectivity index (χ2n) is 6.55. The molecule has 0 spiro atoms. The Hall–Kier alpha value is -2.72. The second-order valence-corrected chi connectivity index (χ2v) is 6.55. The first-order valence-electron chi connectivity index (χ1n) is 9.46. The van der Waals surface area contributed by atoms with E-state index in [1.165, 1.54) is 29.2 Å². The van der Waals surface area contributed by atoms with Crippen LogP contribution < -0.4 is 5.32 Å². The largest absolute Gasteiger partial charge is 0.465 e. The molecule has 1 aromatic rings. The average Bonchev–Trinajstić information content (AvgIpc) is 2.65. The third-order valence-corrected chi connectivity index (χ3v) is 4.14. The average molecular weight is 411 g/mol. The van der Waals surface area contributed by atoms with Crippen molar-refractivity contribution < 1.29 is 29.1 Å². The SMILES string of the molecule is CCOC(CN(C(=O)C(Cc1ccc([N+](=O)[O-])cc1)NC(=O)O)C(C)C)OCC. The minimum absolute atomic E-state index is 0.0558. The molecular formula is C19H29N3O7. The molecule has 0 aliphatic heterocycles. The molecule has 1 unspecified atom stereocenters. The molecule has 1 rings (SSSR count). The third kappa shape index (κ3) is 8.04. The first-order valence-corrected chi connectivity index (χ1v) is 9.46. The van der Waals surface area contributed by atoms with E-state index in [1.54, 1.807) is 0 Å². The zero-order chi connectivity index (χ0) is 22.0. The molecule has 2 amide bonds.